The molecule has 25 heavy (non-hydrogen) atoms. The van der Waals surface area contributed by atoms with Gasteiger partial charge in [-0.25, -0.2) is 4.79 Å². The van der Waals surface area contributed by atoms with Gasteiger partial charge in [0.15, 0.2) is 0 Å². The Hall–Kier alpha value is -2.33. The van der Waals surface area contributed by atoms with Gasteiger partial charge in [0.1, 0.15) is 0 Å². The first-order chi connectivity index (χ1) is 12.3. The first-order valence-electron chi connectivity index (χ1n) is 9.09. The summed E-state index contributed by atoms with van der Waals surface area (Å²) in [4.78, 5) is 14.6. The minimum Gasteiger partial charge on any atom is -0.395 e. The van der Waals surface area contributed by atoms with E-state index in [0.29, 0.717) is 19.0 Å². The largest absolute Gasteiger partial charge is 0.395 e. The molecule has 2 N–H and O–H groups in total. The van der Waals surface area contributed by atoms with Gasteiger partial charge < -0.3 is 15.3 Å². The zero-order valence-electron chi connectivity index (χ0n) is 14.3. The highest BCUT2D eigenvalue weighted by Gasteiger charge is 2.31. The summed E-state index contributed by atoms with van der Waals surface area (Å²) in [6.45, 7) is 1.01. The van der Waals surface area contributed by atoms with Crippen LogP contribution in [-0.2, 0) is 12.8 Å². The smallest absolute Gasteiger partial charge is 0.318 e. The molecule has 0 heterocycles. The normalized spacial score (nSPS) is 20.4. The average molecular weight is 336 g/mol. The second-order valence-corrected chi connectivity index (χ2v) is 6.96. The Balaban J connectivity index is 1.42. The summed E-state index contributed by atoms with van der Waals surface area (Å²) in [5.41, 5.74) is 5.28. The van der Waals surface area contributed by atoms with Gasteiger partial charge in [-0.1, -0.05) is 48.5 Å². The molecular weight excluding hydrogens is 312 g/mol. The van der Waals surface area contributed by atoms with Crippen molar-refractivity contribution in [3.8, 4) is 0 Å². The van der Waals surface area contributed by atoms with Crippen molar-refractivity contribution in [2.45, 2.75) is 31.2 Å². The zero-order chi connectivity index (χ0) is 17.2. The third kappa shape index (κ3) is 3.02. The number of rotatable bonds is 5. The summed E-state index contributed by atoms with van der Waals surface area (Å²) in [7, 11) is 0. The van der Waals surface area contributed by atoms with E-state index in [9.17, 15) is 9.90 Å². The number of nitrogens with one attached hydrogen (secondary N) is 1. The van der Waals surface area contributed by atoms with E-state index in [-0.39, 0.29) is 18.7 Å². The number of nitrogens with zero attached hydrogens (tertiary/aromatic N) is 1. The first kappa shape index (κ1) is 16.2. The van der Waals surface area contributed by atoms with Crippen LogP contribution in [-0.4, -0.2) is 35.7 Å². The number of urea groups is 1. The van der Waals surface area contributed by atoms with Crippen LogP contribution in [0.15, 0.2) is 48.5 Å². The van der Waals surface area contributed by atoms with E-state index in [4.69, 9.17) is 0 Å². The summed E-state index contributed by atoms with van der Waals surface area (Å²) in [6.07, 6.45) is 2.95. The van der Waals surface area contributed by atoms with Crippen LogP contribution in [0, 0.1) is 0 Å². The standard InChI is InChI=1S/C21H24N2O2/c24-12-11-23(20-10-9-15-5-1-4-8-19(15)20)21(25)22-14-17-13-16-6-2-3-7-18(16)17/h1-8,17,20,24H,9-14H2,(H,22,25). The van der Waals surface area contributed by atoms with Crippen molar-refractivity contribution in [3.05, 3.63) is 70.8 Å². The molecule has 0 bridgehead atoms. The summed E-state index contributed by atoms with van der Waals surface area (Å²) in [5, 5.41) is 12.5. The van der Waals surface area contributed by atoms with E-state index in [1.807, 2.05) is 12.1 Å². The van der Waals surface area contributed by atoms with Crippen molar-refractivity contribution in [2.24, 2.45) is 0 Å². The lowest BCUT2D eigenvalue weighted by Gasteiger charge is -2.33. The molecular formula is C21H24N2O2. The fourth-order valence-corrected chi connectivity index (χ4v) is 4.22. The average Bonchev–Trinajstić information content (AvgIpc) is 3.04. The molecule has 4 heteroatoms. The van der Waals surface area contributed by atoms with Crippen LogP contribution in [0.3, 0.4) is 0 Å². The number of aliphatic hydroxyl groups excluding tert-OH is 1. The maximum absolute atomic E-state index is 12.8. The summed E-state index contributed by atoms with van der Waals surface area (Å²) in [6, 6.07) is 16.7. The van der Waals surface area contributed by atoms with Crippen molar-refractivity contribution < 1.29 is 9.90 Å². The van der Waals surface area contributed by atoms with Crippen molar-refractivity contribution in [2.75, 3.05) is 19.7 Å². The lowest BCUT2D eigenvalue weighted by atomic mass is 9.78. The van der Waals surface area contributed by atoms with Crippen LogP contribution in [0.1, 0.15) is 40.6 Å². The number of carbonyl (C=O) groups is 1. The topological polar surface area (TPSA) is 52.6 Å². The number of aryl methyl sites for hydroxylation is 1. The molecule has 0 fully saturated rings. The molecule has 2 aromatic rings. The molecule has 2 aromatic carbocycles. The molecule has 0 saturated carbocycles. The molecule has 2 aliphatic carbocycles. The molecule has 4 rings (SSSR count). The van der Waals surface area contributed by atoms with Gasteiger partial charge in [-0.15, -0.1) is 0 Å². The van der Waals surface area contributed by atoms with E-state index in [2.05, 4.69) is 41.7 Å². The number of amides is 2. The fourth-order valence-electron chi connectivity index (χ4n) is 4.22. The Kier molecular flexibility index (Phi) is 4.45. The molecule has 130 valence electrons. The lowest BCUT2D eigenvalue weighted by Crippen LogP contribution is -2.45. The van der Waals surface area contributed by atoms with Gasteiger partial charge in [-0.3, -0.25) is 0 Å². The van der Waals surface area contributed by atoms with Crippen LogP contribution in [0.2, 0.25) is 0 Å². The lowest BCUT2D eigenvalue weighted by molar-refractivity contribution is 0.151. The maximum atomic E-state index is 12.8. The first-order valence-corrected chi connectivity index (χ1v) is 9.09. The molecule has 0 radical (unpaired) electrons. The molecule has 4 nitrogen and oxygen atoms in total. The molecule has 0 spiro atoms. The Morgan fingerprint density at radius 3 is 2.56 bits per heavy atom. The Morgan fingerprint density at radius 1 is 1.08 bits per heavy atom. The van der Waals surface area contributed by atoms with Gasteiger partial charge in [-0.05, 0) is 41.5 Å². The van der Waals surface area contributed by atoms with E-state index >= 15 is 0 Å². The summed E-state index contributed by atoms with van der Waals surface area (Å²) < 4.78 is 0. The predicted octanol–water partition coefficient (Wildman–Crippen LogP) is 3.02. The second-order valence-electron chi connectivity index (χ2n) is 6.96. The van der Waals surface area contributed by atoms with Crippen molar-refractivity contribution >= 4 is 6.03 Å². The number of hydrogen-bond donors (Lipinski definition) is 2. The Morgan fingerprint density at radius 2 is 1.80 bits per heavy atom. The molecule has 0 aliphatic heterocycles. The maximum Gasteiger partial charge on any atom is 0.318 e. The van der Waals surface area contributed by atoms with Crippen molar-refractivity contribution in [3.63, 3.8) is 0 Å². The Labute approximate surface area is 148 Å². The molecule has 2 amide bonds. The minimum absolute atomic E-state index is 0.0155. The van der Waals surface area contributed by atoms with Gasteiger partial charge in [0.2, 0.25) is 0 Å². The monoisotopic (exact) mass is 336 g/mol. The van der Waals surface area contributed by atoms with Crippen LogP contribution >= 0.6 is 0 Å². The Bertz CT molecular complexity index is 774. The molecule has 2 aliphatic rings. The third-order valence-corrected chi connectivity index (χ3v) is 5.54. The van der Waals surface area contributed by atoms with Crippen molar-refractivity contribution in [1.29, 1.82) is 0 Å². The number of fused-ring (bicyclic) bond motifs is 2. The fraction of sp³-hybridized carbons (Fsp3) is 0.381. The highest BCUT2D eigenvalue weighted by atomic mass is 16.3. The van der Waals surface area contributed by atoms with E-state index in [1.54, 1.807) is 4.90 Å². The zero-order valence-corrected chi connectivity index (χ0v) is 14.3. The van der Waals surface area contributed by atoms with Crippen molar-refractivity contribution in [1.82, 2.24) is 10.2 Å². The van der Waals surface area contributed by atoms with E-state index < -0.39 is 0 Å². The van der Waals surface area contributed by atoms with Gasteiger partial charge >= 0.3 is 6.03 Å². The van der Waals surface area contributed by atoms with Gasteiger partial charge in [0.25, 0.3) is 0 Å². The SMILES string of the molecule is O=C(NCC1Cc2ccccc21)N(CCO)C1CCc2ccccc21. The van der Waals surface area contributed by atoms with Crippen LogP contribution in [0.25, 0.3) is 0 Å². The van der Waals surface area contributed by atoms with Crippen LogP contribution < -0.4 is 5.32 Å². The van der Waals surface area contributed by atoms with Crippen LogP contribution in [0.4, 0.5) is 4.79 Å². The van der Waals surface area contributed by atoms with Crippen LogP contribution in [0.5, 0.6) is 0 Å². The summed E-state index contributed by atoms with van der Waals surface area (Å²) >= 11 is 0. The number of benzene rings is 2. The predicted molar refractivity (Wildman–Crippen MR) is 97.6 cm³/mol. The van der Waals surface area contributed by atoms with E-state index in [0.717, 1.165) is 19.3 Å². The highest BCUT2D eigenvalue weighted by molar-refractivity contribution is 5.75. The minimum atomic E-state index is -0.0693. The highest BCUT2D eigenvalue weighted by Crippen LogP contribution is 2.36. The molecule has 0 aromatic heterocycles. The number of carbonyl (C=O) groups excluding carboxylic acids is 1. The number of hydrogen-bond acceptors (Lipinski definition) is 2. The quantitative estimate of drug-likeness (QED) is 0.882. The van der Waals surface area contributed by atoms with Gasteiger partial charge in [0, 0.05) is 19.0 Å². The molecule has 2 unspecified atom stereocenters. The van der Waals surface area contributed by atoms with Gasteiger partial charge in [0.05, 0.1) is 12.6 Å². The third-order valence-electron chi connectivity index (χ3n) is 5.54. The van der Waals surface area contributed by atoms with Gasteiger partial charge in [-0.2, -0.15) is 0 Å². The molecule has 2 atom stereocenters. The summed E-state index contributed by atoms with van der Waals surface area (Å²) in [5.74, 6) is 0.409. The second kappa shape index (κ2) is 6.89. The number of aliphatic hydroxyl groups is 1. The molecule has 0 saturated heterocycles. The van der Waals surface area contributed by atoms with E-state index in [1.165, 1.54) is 22.3 Å².